The third kappa shape index (κ3) is 14.2. The Morgan fingerprint density at radius 1 is 0.464 bits per heavy atom. The topological polar surface area (TPSA) is 262 Å². The molecule has 0 spiro atoms. The molecule has 8 aromatic carbocycles. The van der Waals surface area contributed by atoms with Crippen molar-refractivity contribution < 1.29 is 56.0 Å². The van der Waals surface area contributed by atoms with Gasteiger partial charge < -0.3 is 51.6 Å². The Labute approximate surface area is 637 Å². The predicted molar refractivity (Wildman–Crippen MR) is 426 cm³/mol. The van der Waals surface area contributed by atoms with Crippen LogP contribution in [0.15, 0.2) is 170 Å². The van der Waals surface area contributed by atoms with Crippen molar-refractivity contribution in [2.24, 2.45) is 0 Å². The van der Waals surface area contributed by atoms with E-state index in [-0.39, 0.29) is 23.8 Å². The summed E-state index contributed by atoms with van der Waals surface area (Å²) in [4.78, 5) is 53.1. The van der Waals surface area contributed by atoms with Gasteiger partial charge >= 0.3 is 12.2 Å². The zero-order valence-electron chi connectivity index (χ0n) is 62.6. The summed E-state index contributed by atoms with van der Waals surface area (Å²) < 4.78 is 65.8. The minimum absolute atomic E-state index is 0.0779. The summed E-state index contributed by atoms with van der Waals surface area (Å²) >= 11 is 0. The van der Waals surface area contributed by atoms with Gasteiger partial charge in [-0.25, -0.2) is 18.0 Å². The van der Waals surface area contributed by atoms with Crippen LogP contribution in [0, 0.1) is 34.0 Å². The number of likely N-dealkylation sites (tertiary alicyclic amines) is 1. The van der Waals surface area contributed by atoms with Gasteiger partial charge in [0.2, 0.25) is 10.0 Å². The fourth-order valence-electron chi connectivity index (χ4n) is 15.0. The van der Waals surface area contributed by atoms with Gasteiger partial charge in [0, 0.05) is 114 Å². The van der Waals surface area contributed by atoms with Crippen LogP contribution in [0.1, 0.15) is 84.4 Å². The number of benzene rings is 8. The summed E-state index contributed by atoms with van der Waals surface area (Å²) in [5, 5.41) is 33.1. The molecule has 0 N–H and O–H groups in total. The van der Waals surface area contributed by atoms with E-state index in [1.807, 2.05) is 182 Å². The van der Waals surface area contributed by atoms with Crippen LogP contribution in [0.25, 0.3) is 88.6 Å². The lowest BCUT2D eigenvalue weighted by atomic mass is 10.0. The van der Waals surface area contributed by atoms with Gasteiger partial charge in [-0.1, -0.05) is 55.5 Å². The van der Waals surface area contributed by atoms with Gasteiger partial charge in [0.15, 0.2) is 6.29 Å². The van der Waals surface area contributed by atoms with Crippen LogP contribution in [0.5, 0.6) is 23.0 Å². The Hall–Kier alpha value is -13.0. The van der Waals surface area contributed by atoms with Crippen molar-refractivity contribution in [3.05, 3.63) is 198 Å². The summed E-state index contributed by atoms with van der Waals surface area (Å²) in [6.45, 7) is 15.3. The van der Waals surface area contributed by atoms with Gasteiger partial charge in [-0.2, -0.15) is 15.8 Å². The quantitative estimate of drug-likeness (QED) is 0.0723. The number of aromatic nitrogens is 4. The lowest BCUT2D eigenvalue weighted by Crippen LogP contribution is -2.41. The average Bonchev–Trinajstić information content (AvgIpc) is 1.62. The minimum Gasteiger partial charge on any atom is -0.497 e. The molecule has 4 aromatic heterocycles. The van der Waals surface area contributed by atoms with E-state index >= 15 is 0 Å². The number of anilines is 3. The third-order valence-electron chi connectivity index (χ3n) is 20.5. The molecule has 24 heteroatoms. The maximum atomic E-state index is 12.4. The molecular formula is C86H83N11O12S. The zero-order chi connectivity index (χ0) is 77.5. The maximum absolute atomic E-state index is 12.4. The van der Waals surface area contributed by atoms with E-state index in [9.17, 15) is 43.4 Å². The van der Waals surface area contributed by atoms with E-state index in [0.717, 1.165) is 175 Å². The molecule has 4 fully saturated rings. The molecule has 0 bridgehead atoms. The van der Waals surface area contributed by atoms with E-state index in [2.05, 4.69) is 57.2 Å². The number of aryl methyl sites for hydroxylation is 4. The molecule has 110 heavy (non-hydrogen) atoms. The fourth-order valence-corrected chi connectivity index (χ4v) is 16.6. The van der Waals surface area contributed by atoms with Crippen LogP contribution >= 0.6 is 0 Å². The van der Waals surface area contributed by atoms with E-state index in [1.54, 1.807) is 38.2 Å². The number of methoxy groups -OCH3 is 4. The van der Waals surface area contributed by atoms with Crippen molar-refractivity contribution in [1.29, 1.82) is 15.8 Å². The Morgan fingerprint density at radius 2 is 0.918 bits per heavy atom. The number of aldehydes is 1. The number of hydrogen-bond donors (Lipinski definition) is 0. The number of carbonyl (C=O) groups excluding carboxylic acids is 4. The standard InChI is InChI=1S/C22H21N3O2.C22H24N2O4S.2C21H19N3O3/c1-3-25-20-10-9-17(27-2)13-18(20)19(14-23)21(25)15-5-7-16(8-6-15)22(26)24-11-4-12-24;1-3-11-23-21-14-18(28-2)9-10-19(21)20(15-25)22(23)16-5-7-17(8-6-16)24-12-4-13-29(24,26)27;1-3-23-19-12-16(26-2)8-9-17(19)18(13-22)20(23)14-4-6-15(7-5-14)24-10-11-27-21(24)25;1-3-23-19-12-16(26-2)7-8-17(19)18(13-22)20(23)14-5-4-6-15(11-14)24-9-10-27-21(24)25/h5-10,13H,3-4,11-12H2,1-2H3;5-10,14-15H,3-4,11-13H2,1-2H3;4-9,12H,3,10-11H2,1-2H3;4-8,11-12H,3,9-10H2,1-2H3. The SMILES string of the molecule is CCCn1c(-c2ccc(N3CCCS3(=O)=O)cc2)c(C=O)c2ccc(OC)cc21.CCn1c(-c2ccc(C(=O)N3CCC3)cc2)c(C#N)c2cc(OC)ccc21.CCn1c(-c2ccc(N3CCOC3=O)cc2)c(C#N)c2ccc(OC)cc21.CCn1c(-c2cccc(N3CCOC3=O)c2)c(C#N)c2ccc(OC)cc21. The maximum Gasteiger partial charge on any atom is 0.414 e. The Balaban J connectivity index is 0.000000129. The molecule has 4 saturated heterocycles. The highest BCUT2D eigenvalue weighted by atomic mass is 32.2. The normalized spacial score (nSPS) is 14.1. The summed E-state index contributed by atoms with van der Waals surface area (Å²) in [6, 6.07) is 60.5. The van der Waals surface area contributed by atoms with Crippen LogP contribution in [0.4, 0.5) is 26.7 Å². The van der Waals surface area contributed by atoms with Crippen LogP contribution in [0.2, 0.25) is 0 Å². The number of rotatable bonds is 18. The van der Waals surface area contributed by atoms with Gasteiger partial charge in [-0.3, -0.25) is 23.7 Å². The summed E-state index contributed by atoms with van der Waals surface area (Å²) in [5.41, 5.74) is 16.4. The first-order valence-corrected chi connectivity index (χ1v) is 38.2. The Bertz CT molecular complexity index is 5770. The fraction of sp³-hybridized carbons (Fsp3) is 0.267. The Kier molecular flexibility index (Phi) is 22.3. The van der Waals surface area contributed by atoms with Crippen molar-refractivity contribution in [1.82, 2.24) is 23.2 Å². The number of nitriles is 3. The highest BCUT2D eigenvalue weighted by Crippen LogP contribution is 2.42. The average molecular weight is 1490 g/mol. The van der Waals surface area contributed by atoms with Crippen molar-refractivity contribution in [2.45, 2.75) is 73.1 Å². The van der Waals surface area contributed by atoms with Crippen molar-refractivity contribution in [3.63, 3.8) is 0 Å². The van der Waals surface area contributed by atoms with E-state index in [4.69, 9.17) is 28.4 Å². The first-order valence-electron chi connectivity index (χ1n) is 36.6. The van der Waals surface area contributed by atoms with Crippen LogP contribution < -0.4 is 33.1 Å². The molecule has 3 amide bonds. The molecular weight excluding hydrogens is 1410 g/mol. The number of hydrogen-bond acceptors (Lipinski definition) is 15. The molecule has 0 saturated carbocycles. The molecule has 4 aliphatic heterocycles. The Morgan fingerprint density at radius 3 is 1.37 bits per heavy atom. The second kappa shape index (κ2) is 32.6. The summed E-state index contributed by atoms with van der Waals surface area (Å²) in [5.74, 6) is 3.25. The molecule has 4 aliphatic rings. The van der Waals surface area contributed by atoms with Gasteiger partial charge in [0.25, 0.3) is 5.91 Å². The largest absolute Gasteiger partial charge is 0.497 e. The number of cyclic esters (lactones) is 2. The van der Waals surface area contributed by atoms with E-state index < -0.39 is 10.0 Å². The van der Waals surface area contributed by atoms with Crippen molar-refractivity contribution in [3.8, 4) is 86.2 Å². The zero-order valence-corrected chi connectivity index (χ0v) is 63.4. The van der Waals surface area contributed by atoms with Crippen molar-refractivity contribution in [2.75, 3.05) is 94.2 Å². The van der Waals surface area contributed by atoms with Crippen LogP contribution in [-0.2, 0) is 45.7 Å². The molecule has 0 radical (unpaired) electrons. The molecule has 23 nitrogen and oxygen atoms in total. The van der Waals surface area contributed by atoms with Crippen LogP contribution in [0.3, 0.4) is 0 Å². The number of nitrogens with zero attached hydrogens (tertiary/aromatic N) is 11. The van der Waals surface area contributed by atoms with Crippen molar-refractivity contribution >= 4 is 95.1 Å². The summed E-state index contributed by atoms with van der Waals surface area (Å²) in [6.07, 6.45) is 2.87. The lowest BCUT2D eigenvalue weighted by molar-refractivity contribution is 0.0651. The van der Waals surface area contributed by atoms with E-state index in [0.29, 0.717) is 79.3 Å². The van der Waals surface area contributed by atoms with Crippen LogP contribution in [-0.4, -0.2) is 136 Å². The van der Waals surface area contributed by atoms with Gasteiger partial charge in [-0.15, -0.1) is 0 Å². The predicted octanol–water partition coefficient (Wildman–Crippen LogP) is 16.5. The lowest BCUT2D eigenvalue weighted by Gasteiger charge is -2.30. The minimum atomic E-state index is -3.22. The second-order valence-corrected chi connectivity index (χ2v) is 28.5. The molecule has 0 unspecified atom stereocenters. The monoisotopic (exact) mass is 1490 g/mol. The number of amides is 3. The number of sulfonamides is 1. The summed E-state index contributed by atoms with van der Waals surface area (Å²) in [7, 11) is 3.30. The number of carbonyl (C=O) groups is 4. The smallest absolute Gasteiger partial charge is 0.414 e. The van der Waals surface area contributed by atoms with Gasteiger partial charge in [0.1, 0.15) is 54.4 Å². The number of ether oxygens (including phenoxy) is 6. The second-order valence-electron chi connectivity index (χ2n) is 26.4. The highest BCUT2D eigenvalue weighted by molar-refractivity contribution is 7.93. The third-order valence-corrected chi connectivity index (χ3v) is 22.3. The molecule has 8 heterocycles. The van der Waals surface area contributed by atoms with E-state index in [1.165, 1.54) is 4.31 Å². The van der Waals surface area contributed by atoms with Gasteiger partial charge in [-0.05, 0) is 160 Å². The molecule has 0 aliphatic carbocycles. The van der Waals surface area contributed by atoms with Gasteiger partial charge in [0.05, 0.1) is 115 Å². The first-order chi connectivity index (χ1) is 53.5. The molecule has 12 aromatic rings. The molecule has 560 valence electrons. The molecule has 0 atom stereocenters. The highest BCUT2D eigenvalue weighted by Gasteiger charge is 2.31. The molecule has 16 rings (SSSR count). The first kappa shape index (κ1) is 75.3. The number of fused-ring (bicyclic) bond motifs is 4.